The van der Waals surface area contributed by atoms with Gasteiger partial charge in [0.1, 0.15) is 24.8 Å². The first-order valence-electron chi connectivity index (χ1n) is 13.8. The minimum absolute atomic E-state index is 0.316. The Bertz CT molecular complexity index is 544. The van der Waals surface area contributed by atoms with Crippen molar-refractivity contribution >= 4 is 11.9 Å². The Morgan fingerprint density at radius 2 is 1.40 bits per heavy atom. The van der Waals surface area contributed by atoms with Crippen LogP contribution in [0.15, 0.2) is 12.2 Å². The molecular weight excluding hydrogens is 448 g/mol. The average Bonchev–Trinajstić information content (AvgIpc) is 2.85. The minimum Gasteiger partial charge on any atom is -0.480 e. The lowest BCUT2D eigenvalue weighted by molar-refractivity contribution is -0.151. The van der Waals surface area contributed by atoms with E-state index in [0.717, 1.165) is 44.9 Å². The fourth-order valence-corrected chi connectivity index (χ4v) is 3.86. The monoisotopic (exact) mass is 500 g/mol. The number of aliphatic carboxylic acids is 1. The quantitative estimate of drug-likeness (QED) is 0.0717. The normalized spacial score (nSPS) is 14.2. The molecule has 0 saturated carbocycles. The predicted octanol–water partition coefficient (Wildman–Crippen LogP) is 4.07. The molecule has 0 aromatic carbocycles. The van der Waals surface area contributed by atoms with E-state index in [1.807, 2.05) is 0 Å². The standard InChI is InChI=1S/C27H52N2O6/c1-2-3-4-5-6-7-8-9-10-11-12-13-14-15-19-25(27(34)35-22-23(31)21-30)29-24(26(32)33)18-16-17-20-28/h9-10,23-25,29-31H,2-8,11-22,28H2,1H3,(H,32,33)/b10-9-/t23?,24-,25?/m0/s1. The van der Waals surface area contributed by atoms with E-state index >= 15 is 0 Å². The Balaban J connectivity index is 4.32. The summed E-state index contributed by atoms with van der Waals surface area (Å²) in [6.45, 7) is 1.91. The highest BCUT2D eigenvalue weighted by Gasteiger charge is 2.27. The maximum Gasteiger partial charge on any atom is 0.323 e. The Morgan fingerprint density at radius 1 is 0.857 bits per heavy atom. The summed E-state index contributed by atoms with van der Waals surface area (Å²) in [4.78, 5) is 24.2. The lowest BCUT2D eigenvalue weighted by atomic mass is 10.0. The number of hydrogen-bond donors (Lipinski definition) is 5. The van der Waals surface area contributed by atoms with Gasteiger partial charge in [-0.2, -0.15) is 0 Å². The molecule has 0 fully saturated rings. The minimum atomic E-state index is -1.14. The van der Waals surface area contributed by atoms with Gasteiger partial charge in [-0.3, -0.25) is 14.9 Å². The lowest BCUT2D eigenvalue weighted by Gasteiger charge is -2.23. The van der Waals surface area contributed by atoms with Crippen molar-refractivity contribution in [1.82, 2.24) is 5.32 Å². The van der Waals surface area contributed by atoms with Crippen LogP contribution < -0.4 is 11.1 Å². The van der Waals surface area contributed by atoms with Gasteiger partial charge in [0, 0.05) is 0 Å². The zero-order chi connectivity index (χ0) is 26.2. The van der Waals surface area contributed by atoms with Gasteiger partial charge in [-0.05, 0) is 51.5 Å². The fraction of sp³-hybridized carbons (Fsp3) is 0.852. The van der Waals surface area contributed by atoms with E-state index in [1.54, 1.807) is 0 Å². The van der Waals surface area contributed by atoms with Gasteiger partial charge in [-0.1, -0.05) is 76.9 Å². The summed E-state index contributed by atoms with van der Waals surface area (Å²) >= 11 is 0. The molecule has 6 N–H and O–H groups in total. The van der Waals surface area contributed by atoms with Crippen LogP contribution in [-0.4, -0.2) is 65.2 Å². The number of aliphatic hydroxyl groups is 2. The third kappa shape index (κ3) is 20.4. The summed E-state index contributed by atoms with van der Waals surface area (Å²) in [7, 11) is 0. The van der Waals surface area contributed by atoms with Crippen LogP contribution in [0, 0.1) is 0 Å². The van der Waals surface area contributed by atoms with Gasteiger partial charge in [0.2, 0.25) is 0 Å². The van der Waals surface area contributed by atoms with E-state index in [2.05, 4.69) is 24.4 Å². The number of carbonyl (C=O) groups is 2. The number of carboxylic acids is 1. The molecule has 0 rings (SSSR count). The summed E-state index contributed by atoms with van der Waals surface area (Å²) in [6, 6.07) is -1.63. The number of hydrogen-bond acceptors (Lipinski definition) is 7. The highest BCUT2D eigenvalue weighted by Crippen LogP contribution is 2.12. The molecule has 0 spiro atoms. The van der Waals surface area contributed by atoms with Gasteiger partial charge in [-0.15, -0.1) is 0 Å². The Kier molecular flexibility index (Phi) is 23.2. The van der Waals surface area contributed by atoms with Crippen LogP contribution in [0.25, 0.3) is 0 Å². The molecule has 2 unspecified atom stereocenters. The first-order chi connectivity index (χ1) is 17.0. The number of esters is 1. The second kappa shape index (κ2) is 24.2. The Morgan fingerprint density at radius 3 is 1.97 bits per heavy atom. The third-order valence-electron chi connectivity index (χ3n) is 6.07. The molecule has 3 atom stereocenters. The van der Waals surface area contributed by atoms with Crippen LogP contribution in [0.5, 0.6) is 0 Å². The molecule has 8 nitrogen and oxygen atoms in total. The van der Waals surface area contributed by atoms with E-state index in [4.69, 9.17) is 15.6 Å². The molecule has 0 aliphatic carbocycles. The molecule has 0 aliphatic heterocycles. The molecule has 0 saturated heterocycles. The molecule has 0 aromatic heterocycles. The number of nitrogens with one attached hydrogen (secondary N) is 1. The van der Waals surface area contributed by atoms with Crippen molar-refractivity contribution in [3.8, 4) is 0 Å². The number of carbonyl (C=O) groups excluding carboxylic acids is 1. The zero-order valence-electron chi connectivity index (χ0n) is 22.0. The molecule has 0 heterocycles. The van der Waals surface area contributed by atoms with E-state index in [0.29, 0.717) is 25.8 Å². The summed E-state index contributed by atoms with van der Waals surface area (Å²) in [5, 5.41) is 30.8. The summed E-state index contributed by atoms with van der Waals surface area (Å²) in [5.41, 5.74) is 5.50. The van der Waals surface area contributed by atoms with Gasteiger partial charge >= 0.3 is 11.9 Å². The highest BCUT2D eigenvalue weighted by atomic mass is 16.5. The summed E-state index contributed by atoms with van der Waals surface area (Å²) < 4.78 is 5.10. The lowest BCUT2D eigenvalue weighted by Crippen LogP contribution is -2.48. The summed E-state index contributed by atoms with van der Waals surface area (Å²) in [5.74, 6) is -1.61. The second-order valence-corrected chi connectivity index (χ2v) is 9.38. The van der Waals surface area contributed by atoms with E-state index in [-0.39, 0.29) is 6.61 Å². The Labute approximate surface area is 212 Å². The maximum absolute atomic E-state index is 12.5. The van der Waals surface area contributed by atoms with Crippen LogP contribution in [0.2, 0.25) is 0 Å². The number of rotatable bonds is 25. The summed E-state index contributed by atoms with van der Waals surface area (Å²) in [6.07, 6.45) is 19.6. The second-order valence-electron chi connectivity index (χ2n) is 9.38. The number of nitrogens with two attached hydrogens (primary N) is 1. The van der Waals surface area contributed by atoms with E-state index in [9.17, 15) is 19.8 Å². The van der Waals surface area contributed by atoms with Crippen molar-refractivity contribution in [3.63, 3.8) is 0 Å². The van der Waals surface area contributed by atoms with Gasteiger partial charge in [0.05, 0.1) is 6.61 Å². The van der Waals surface area contributed by atoms with E-state index in [1.165, 1.54) is 38.5 Å². The Hall–Kier alpha value is -1.48. The van der Waals surface area contributed by atoms with Crippen molar-refractivity contribution in [2.75, 3.05) is 19.8 Å². The number of aliphatic hydroxyl groups excluding tert-OH is 2. The molecule has 206 valence electrons. The van der Waals surface area contributed by atoms with Crippen LogP contribution in [0.1, 0.15) is 110 Å². The predicted molar refractivity (Wildman–Crippen MR) is 140 cm³/mol. The average molecular weight is 501 g/mol. The number of unbranched alkanes of at least 4 members (excludes halogenated alkanes) is 11. The number of carboxylic acid groups (broad SMARTS) is 1. The van der Waals surface area contributed by atoms with Gasteiger partial charge < -0.3 is 25.8 Å². The molecule has 0 bridgehead atoms. The van der Waals surface area contributed by atoms with Gasteiger partial charge in [0.25, 0.3) is 0 Å². The van der Waals surface area contributed by atoms with Crippen molar-refractivity contribution in [3.05, 3.63) is 12.2 Å². The SMILES string of the molecule is CCCCCCCC/C=C\CCCCCCC(N[C@@H](CCCCN)C(=O)O)C(=O)OCC(O)CO. The zero-order valence-corrected chi connectivity index (χ0v) is 22.0. The molecular formula is C27H52N2O6. The first-order valence-corrected chi connectivity index (χ1v) is 13.8. The molecule has 0 aliphatic rings. The van der Waals surface area contributed by atoms with Crippen molar-refractivity contribution in [1.29, 1.82) is 0 Å². The largest absolute Gasteiger partial charge is 0.480 e. The van der Waals surface area contributed by atoms with Crippen LogP contribution in [0.3, 0.4) is 0 Å². The number of allylic oxidation sites excluding steroid dienone is 2. The molecule has 0 amide bonds. The van der Waals surface area contributed by atoms with Gasteiger partial charge in [0.15, 0.2) is 0 Å². The molecule has 35 heavy (non-hydrogen) atoms. The van der Waals surface area contributed by atoms with Crippen molar-refractivity contribution < 1.29 is 29.6 Å². The molecule has 0 aromatic rings. The molecule has 0 radical (unpaired) electrons. The van der Waals surface area contributed by atoms with E-state index < -0.39 is 36.7 Å². The first kappa shape index (κ1) is 33.5. The maximum atomic E-state index is 12.5. The van der Waals surface area contributed by atoms with Crippen molar-refractivity contribution in [2.24, 2.45) is 5.73 Å². The smallest absolute Gasteiger partial charge is 0.323 e. The van der Waals surface area contributed by atoms with Crippen molar-refractivity contribution in [2.45, 2.75) is 128 Å². The third-order valence-corrected chi connectivity index (χ3v) is 6.07. The topological polar surface area (TPSA) is 142 Å². The fourth-order valence-electron chi connectivity index (χ4n) is 3.86. The van der Waals surface area contributed by atoms with Crippen LogP contribution >= 0.6 is 0 Å². The highest BCUT2D eigenvalue weighted by molar-refractivity contribution is 5.78. The molecule has 8 heteroatoms. The number of ether oxygens (including phenoxy) is 1. The van der Waals surface area contributed by atoms with Gasteiger partial charge in [-0.25, -0.2) is 0 Å². The van der Waals surface area contributed by atoms with Crippen LogP contribution in [-0.2, 0) is 14.3 Å². The van der Waals surface area contributed by atoms with Crippen LogP contribution in [0.4, 0.5) is 0 Å².